The van der Waals surface area contributed by atoms with Crippen molar-refractivity contribution in [1.29, 1.82) is 0 Å². The van der Waals surface area contributed by atoms with E-state index in [0.717, 1.165) is 5.56 Å². The Morgan fingerprint density at radius 2 is 2.08 bits per heavy atom. The summed E-state index contributed by atoms with van der Waals surface area (Å²) in [5, 5.41) is 20.0. The molecule has 2 aliphatic rings. The lowest BCUT2D eigenvalue weighted by Gasteiger charge is -2.45. The fourth-order valence-electron chi connectivity index (χ4n) is 4.53. The predicted molar refractivity (Wildman–Crippen MR) is 93.5 cm³/mol. The number of aliphatic hydroxyl groups excluding tert-OH is 2. The van der Waals surface area contributed by atoms with Gasteiger partial charge < -0.3 is 19.4 Å². The molecule has 0 aromatic heterocycles. The molecular formula is C20H26NO4+. The SMILES string of the molecule is C#CC[N+]1(C)[C@@H]2C[C@@H](OC(=O)[C@H](CO)c3ccccc3)C[C@H]1[C@H](O)C2. The third-order valence-corrected chi connectivity index (χ3v) is 5.97. The van der Waals surface area contributed by atoms with Gasteiger partial charge in [0.1, 0.15) is 30.7 Å². The fraction of sp³-hybridized carbons (Fsp3) is 0.550. The van der Waals surface area contributed by atoms with Crippen LogP contribution in [0.25, 0.3) is 0 Å². The van der Waals surface area contributed by atoms with Gasteiger partial charge in [-0.25, -0.2) is 0 Å². The summed E-state index contributed by atoms with van der Waals surface area (Å²) in [5.41, 5.74) is 0.752. The molecule has 0 spiro atoms. The number of carbonyl (C=O) groups excluding carboxylic acids is 1. The molecule has 134 valence electrons. The van der Waals surface area contributed by atoms with E-state index in [4.69, 9.17) is 11.2 Å². The number of esters is 1. The van der Waals surface area contributed by atoms with Crippen molar-refractivity contribution < 1.29 is 24.2 Å². The van der Waals surface area contributed by atoms with Crippen molar-refractivity contribution in [3.63, 3.8) is 0 Å². The molecular weight excluding hydrogens is 318 g/mol. The fourth-order valence-corrected chi connectivity index (χ4v) is 4.53. The number of aliphatic hydroxyl groups is 2. The van der Waals surface area contributed by atoms with Gasteiger partial charge >= 0.3 is 5.97 Å². The van der Waals surface area contributed by atoms with Gasteiger partial charge in [-0.05, 0) is 11.5 Å². The first-order valence-corrected chi connectivity index (χ1v) is 8.82. The van der Waals surface area contributed by atoms with E-state index in [0.29, 0.717) is 30.3 Å². The molecule has 5 heteroatoms. The van der Waals surface area contributed by atoms with Crippen molar-refractivity contribution >= 4 is 5.97 Å². The molecule has 1 aromatic rings. The minimum Gasteiger partial charge on any atom is -0.461 e. The summed E-state index contributed by atoms with van der Waals surface area (Å²) in [6.07, 6.45) is 6.87. The predicted octanol–water partition coefficient (Wildman–Crippen LogP) is 1.05. The van der Waals surface area contributed by atoms with E-state index in [9.17, 15) is 15.0 Å². The summed E-state index contributed by atoms with van der Waals surface area (Å²) in [5.74, 6) is 1.65. The number of likely N-dealkylation sites (N-methyl/N-ethyl adjacent to an activating group) is 1. The highest BCUT2D eigenvalue weighted by Gasteiger charge is 2.56. The lowest BCUT2D eigenvalue weighted by atomic mass is 9.95. The van der Waals surface area contributed by atoms with Gasteiger partial charge in [0.25, 0.3) is 0 Å². The number of piperidine rings is 1. The first-order chi connectivity index (χ1) is 12.0. The number of quaternary nitrogens is 1. The second kappa shape index (κ2) is 7.17. The monoisotopic (exact) mass is 344 g/mol. The number of carbonyl (C=O) groups is 1. The molecule has 0 aliphatic carbocycles. The Kier molecular flexibility index (Phi) is 5.14. The summed E-state index contributed by atoms with van der Waals surface area (Å²) in [7, 11) is 2.09. The van der Waals surface area contributed by atoms with Crippen LogP contribution in [0.3, 0.4) is 0 Å². The lowest BCUT2D eigenvalue weighted by molar-refractivity contribution is -0.944. The maximum absolute atomic E-state index is 12.6. The summed E-state index contributed by atoms with van der Waals surface area (Å²) >= 11 is 0. The third kappa shape index (κ3) is 3.30. The van der Waals surface area contributed by atoms with Crippen LogP contribution >= 0.6 is 0 Å². The minimum absolute atomic E-state index is 0.00287. The number of fused-ring (bicyclic) bond motifs is 2. The van der Waals surface area contributed by atoms with Crippen LogP contribution in [0.1, 0.15) is 30.7 Å². The van der Waals surface area contributed by atoms with Crippen LogP contribution < -0.4 is 0 Å². The van der Waals surface area contributed by atoms with Crippen molar-refractivity contribution in [3.05, 3.63) is 35.9 Å². The molecule has 2 saturated heterocycles. The van der Waals surface area contributed by atoms with Crippen LogP contribution in [0.4, 0.5) is 0 Å². The van der Waals surface area contributed by atoms with E-state index in [2.05, 4.69) is 13.0 Å². The summed E-state index contributed by atoms with van der Waals surface area (Å²) in [4.78, 5) is 12.6. The lowest BCUT2D eigenvalue weighted by Crippen LogP contribution is -2.60. The second-order valence-electron chi connectivity index (χ2n) is 7.41. The molecule has 6 atom stereocenters. The Balaban J connectivity index is 1.69. The molecule has 2 bridgehead atoms. The van der Waals surface area contributed by atoms with E-state index in [1.54, 1.807) is 0 Å². The summed E-state index contributed by atoms with van der Waals surface area (Å²) in [6.45, 7) is 0.298. The van der Waals surface area contributed by atoms with Crippen molar-refractivity contribution in [2.75, 3.05) is 20.2 Å². The molecule has 1 aromatic carbocycles. The van der Waals surface area contributed by atoms with Crippen LogP contribution in [-0.2, 0) is 9.53 Å². The van der Waals surface area contributed by atoms with Crippen molar-refractivity contribution in [2.24, 2.45) is 0 Å². The largest absolute Gasteiger partial charge is 0.461 e. The highest BCUT2D eigenvalue weighted by molar-refractivity contribution is 5.78. The van der Waals surface area contributed by atoms with Crippen LogP contribution in [0.2, 0.25) is 0 Å². The molecule has 2 heterocycles. The number of terminal acetylenes is 1. The first-order valence-electron chi connectivity index (χ1n) is 8.82. The first kappa shape index (κ1) is 17.9. The number of hydrogen-bond donors (Lipinski definition) is 2. The Labute approximate surface area is 148 Å². The number of hydrogen-bond acceptors (Lipinski definition) is 4. The highest BCUT2D eigenvalue weighted by Crippen LogP contribution is 2.42. The van der Waals surface area contributed by atoms with Crippen LogP contribution in [0, 0.1) is 12.3 Å². The Hall–Kier alpha value is -1.87. The van der Waals surface area contributed by atoms with Crippen molar-refractivity contribution in [2.45, 2.75) is 49.5 Å². The Morgan fingerprint density at radius 3 is 2.68 bits per heavy atom. The van der Waals surface area contributed by atoms with Gasteiger partial charge in [-0.2, -0.15) is 0 Å². The molecule has 2 N–H and O–H groups in total. The smallest absolute Gasteiger partial charge is 0.316 e. The standard InChI is InChI=1S/C20H26NO4/c1-3-9-21(2)15-10-16(12-18(21)19(23)11-15)25-20(24)17(13-22)14-7-5-4-6-8-14/h1,4-8,15-19,22-23H,9-13H2,2H3/q+1/t15-,16-,17-,18+,19-,21?/m1/s1. The van der Waals surface area contributed by atoms with E-state index in [1.165, 1.54) is 0 Å². The maximum Gasteiger partial charge on any atom is 0.316 e. The Bertz CT molecular complexity index is 655. The van der Waals surface area contributed by atoms with Crippen LogP contribution in [0.5, 0.6) is 0 Å². The van der Waals surface area contributed by atoms with Crippen LogP contribution in [-0.4, -0.2) is 65.2 Å². The zero-order chi connectivity index (χ0) is 18.0. The molecule has 0 radical (unpaired) electrons. The van der Waals surface area contributed by atoms with Crippen molar-refractivity contribution in [3.8, 4) is 12.3 Å². The van der Waals surface area contributed by atoms with Gasteiger partial charge in [0.15, 0.2) is 0 Å². The van der Waals surface area contributed by atoms with E-state index < -0.39 is 18.0 Å². The normalized spacial score (nSPS) is 35.0. The molecule has 5 nitrogen and oxygen atoms in total. The van der Waals surface area contributed by atoms with E-state index in [1.807, 2.05) is 30.3 Å². The van der Waals surface area contributed by atoms with Gasteiger partial charge in [0.05, 0.1) is 19.7 Å². The molecule has 3 rings (SSSR count). The summed E-state index contributed by atoms with van der Waals surface area (Å²) in [6, 6.07) is 9.38. The van der Waals surface area contributed by atoms with E-state index >= 15 is 0 Å². The van der Waals surface area contributed by atoms with Gasteiger partial charge in [0.2, 0.25) is 0 Å². The summed E-state index contributed by atoms with van der Waals surface area (Å²) < 4.78 is 6.39. The number of benzene rings is 1. The number of rotatable bonds is 5. The maximum atomic E-state index is 12.6. The second-order valence-corrected chi connectivity index (χ2v) is 7.41. The van der Waals surface area contributed by atoms with Crippen LogP contribution in [0.15, 0.2) is 30.3 Å². The Morgan fingerprint density at radius 1 is 1.36 bits per heavy atom. The zero-order valence-electron chi connectivity index (χ0n) is 14.5. The zero-order valence-corrected chi connectivity index (χ0v) is 14.5. The number of ether oxygens (including phenoxy) is 1. The average Bonchev–Trinajstić information content (AvgIpc) is 2.72. The molecule has 25 heavy (non-hydrogen) atoms. The van der Waals surface area contributed by atoms with E-state index in [-0.39, 0.29) is 24.8 Å². The molecule has 2 aliphatic heterocycles. The average molecular weight is 344 g/mol. The molecule has 0 saturated carbocycles. The quantitative estimate of drug-likeness (QED) is 0.476. The topological polar surface area (TPSA) is 66.8 Å². The van der Waals surface area contributed by atoms with Gasteiger partial charge in [0, 0.05) is 19.3 Å². The van der Waals surface area contributed by atoms with Crippen molar-refractivity contribution in [1.82, 2.24) is 0 Å². The molecule has 2 fully saturated rings. The molecule has 1 unspecified atom stereocenters. The minimum atomic E-state index is -0.669. The van der Waals surface area contributed by atoms with Gasteiger partial charge in [-0.15, -0.1) is 6.42 Å². The molecule has 0 amide bonds. The third-order valence-electron chi connectivity index (χ3n) is 5.97. The van der Waals surface area contributed by atoms with Gasteiger partial charge in [-0.3, -0.25) is 4.79 Å². The highest BCUT2D eigenvalue weighted by atomic mass is 16.5. The van der Waals surface area contributed by atoms with Gasteiger partial charge in [-0.1, -0.05) is 30.3 Å². The number of nitrogens with zero attached hydrogens (tertiary/aromatic N) is 1.